The van der Waals surface area contributed by atoms with Crippen molar-refractivity contribution in [2.75, 3.05) is 7.11 Å². The topological polar surface area (TPSA) is 72.3 Å². The molecule has 1 N–H and O–H groups in total. The molecule has 0 aliphatic carbocycles. The molecule has 2 rings (SSSR count). The van der Waals surface area contributed by atoms with E-state index < -0.39 is 5.97 Å². The zero-order valence-corrected chi connectivity index (χ0v) is 11.9. The molecule has 104 valence electrons. The van der Waals surface area contributed by atoms with Gasteiger partial charge in [-0.15, -0.1) is 0 Å². The number of aryl methyl sites for hydroxylation is 3. The molecule has 0 saturated carbocycles. The number of carboxylic acid groups (broad SMARTS) is 1. The van der Waals surface area contributed by atoms with Crippen LogP contribution in [0.2, 0.25) is 0 Å². The highest BCUT2D eigenvalue weighted by molar-refractivity contribution is 5.96. The van der Waals surface area contributed by atoms with Crippen molar-refractivity contribution in [2.45, 2.75) is 20.8 Å². The van der Waals surface area contributed by atoms with Gasteiger partial charge in [-0.3, -0.25) is 0 Å². The number of nitrogens with zero attached hydrogens (tertiary/aromatic N) is 2. The van der Waals surface area contributed by atoms with E-state index in [1.54, 1.807) is 14.0 Å². The maximum absolute atomic E-state index is 11.4. The van der Waals surface area contributed by atoms with Crippen LogP contribution in [0.15, 0.2) is 18.5 Å². The average molecular weight is 272 g/mol. The number of carboxylic acids is 1. The van der Waals surface area contributed by atoms with Gasteiger partial charge in [-0.2, -0.15) is 0 Å². The van der Waals surface area contributed by atoms with Gasteiger partial charge in [-0.25, -0.2) is 14.8 Å². The second kappa shape index (κ2) is 5.28. The lowest BCUT2D eigenvalue weighted by Gasteiger charge is -2.13. The van der Waals surface area contributed by atoms with E-state index in [9.17, 15) is 9.90 Å². The van der Waals surface area contributed by atoms with Gasteiger partial charge < -0.3 is 9.84 Å². The molecule has 0 spiro atoms. The Morgan fingerprint density at radius 2 is 1.85 bits per heavy atom. The van der Waals surface area contributed by atoms with Crippen LogP contribution in [0.3, 0.4) is 0 Å². The molecule has 0 aliphatic rings. The standard InChI is InChI=1S/C15H16N2O3/c1-8-6-12(20-4)9(2)5-11(8)14-13(15(18)19)10(3)16-7-17-14/h5-7H,1-4H3,(H,18,19). The lowest BCUT2D eigenvalue weighted by molar-refractivity contribution is 0.0696. The summed E-state index contributed by atoms with van der Waals surface area (Å²) < 4.78 is 5.27. The Morgan fingerprint density at radius 3 is 2.45 bits per heavy atom. The molecule has 0 radical (unpaired) electrons. The third kappa shape index (κ3) is 2.34. The SMILES string of the molecule is COc1cc(C)c(-c2ncnc(C)c2C(=O)O)cc1C. The molecule has 5 heteroatoms. The Morgan fingerprint density at radius 1 is 1.15 bits per heavy atom. The first kappa shape index (κ1) is 14.0. The molecule has 1 heterocycles. The van der Waals surface area contributed by atoms with Gasteiger partial charge in [0.15, 0.2) is 0 Å². The van der Waals surface area contributed by atoms with Crippen LogP contribution in [-0.2, 0) is 0 Å². The van der Waals surface area contributed by atoms with Crippen LogP contribution < -0.4 is 4.74 Å². The number of rotatable bonds is 3. The van der Waals surface area contributed by atoms with Crippen LogP contribution in [-0.4, -0.2) is 28.2 Å². The molecule has 0 aliphatic heterocycles. The average Bonchev–Trinajstić information content (AvgIpc) is 2.40. The summed E-state index contributed by atoms with van der Waals surface area (Å²) in [5.74, 6) is -0.250. The third-order valence-corrected chi connectivity index (χ3v) is 3.25. The predicted molar refractivity (Wildman–Crippen MR) is 75.2 cm³/mol. The highest BCUT2D eigenvalue weighted by atomic mass is 16.5. The summed E-state index contributed by atoms with van der Waals surface area (Å²) in [6.45, 7) is 5.48. The summed E-state index contributed by atoms with van der Waals surface area (Å²) in [4.78, 5) is 19.5. The molecular weight excluding hydrogens is 256 g/mol. The summed E-state index contributed by atoms with van der Waals surface area (Å²) in [6, 6.07) is 3.77. The van der Waals surface area contributed by atoms with E-state index in [0.29, 0.717) is 11.4 Å². The van der Waals surface area contributed by atoms with E-state index >= 15 is 0 Å². The summed E-state index contributed by atoms with van der Waals surface area (Å²) in [5, 5.41) is 9.36. The van der Waals surface area contributed by atoms with E-state index in [1.807, 2.05) is 26.0 Å². The van der Waals surface area contributed by atoms with E-state index in [1.165, 1.54) is 6.33 Å². The van der Waals surface area contributed by atoms with Gasteiger partial charge in [0, 0.05) is 5.56 Å². The first-order chi connectivity index (χ1) is 9.45. The number of ether oxygens (including phenoxy) is 1. The second-order valence-corrected chi connectivity index (χ2v) is 4.62. The number of hydrogen-bond acceptors (Lipinski definition) is 4. The van der Waals surface area contributed by atoms with Crippen molar-refractivity contribution >= 4 is 5.97 Å². The van der Waals surface area contributed by atoms with Crippen molar-refractivity contribution in [3.05, 3.63) is 40.8 Å². The van der Waals surface area contributed by atoms with Crippen LogP contribution in [0, 0.1) is 20.8 Å². The summed E-state index contributed by atoms with van der Waals surface area (Å²) >= 11 is 0. The fourth-order valence-corrected chi connectivity index (χ4v) is 2.20. The zero-order chi connectivity index (χ0) is 14.9. The Hall–Kier alpha value is -2.43. The smallest absolute Gasteiger partial charge is 0.339 e. The Kier molecular flexibility index (Phi) is 3.70. The second-order valence-electron chi connectivity index (χ2n) is 4.62. The molecule has 1 aromatic heterocycles. The normalized spacial score (nSPS) is 10.4. The van der Waals surface area contributed by atoms with Crippen molar-refractivity contribution in [3.63, 3.8) is 0 Å². The van der Waals surface area contributed by atoms with E-state index in [2.05, 4.69) is 9.97 Å². The van der Waals surface area contributed by atoms with Crippen molar-refractivity contribution in [2.24, 2.45) is 0 Å². The molecule has 0 bridgehead atoms. The van der Waals surface area contributed by atoms with Gasteiger partial charge in [0.2, 0.25) is 0 Å². The van der Waals surface area contributed by atoms with E-state index in [0.717, 1.165) is 22.4 Å². The minimum Gasteiger partial charge on any atom is -0.496 e. The first-order valence-electron chi connectivity index (χ1n) is 6.16. The number of hydrogen-bond donors (Lipinski definition) is 1. The number of methoxy groups -OCH3 is 1. The molecule has 5 nitrogen and oxygen atoms in total. The van der Waals surface area contributed by atoms with Crippen LogP contribution >= 0.6 is 0 Å². The summed E-state index contributed by atoms with van der Waals surface area (Å²) in [5.41, 5.74) is 3.66. The molecule has 1 aromatic carbocycles. The maximum atomic E-state index is 11.4. The monoisotopic (exact) mass is 272 g/mol. The predicted octanol–water partition coefficient (Wildman–Crippen LogP) is 2.78. The Balaban J connectivity index is 2.72. The summed E-state index contributed by atoms with van der Waals surface area (Å²) in [6.07, 6.45) is 1.39. The van der Waals surface area contributed by atoms with Gasteiger partial charge in [0.1, 0.15) is 17.6 Å². The minimum atomic E-state index is -1.02. The fourth-order valence-electron chi connectivity index (χ4n) is 2.20. The van der Waals surface area contributed by atoms with Crippen molar-refractivity contribution in [1.29, 1.82) is 0 Å². The fraction of sp³-hybridized carbons (Fsp3) is 0.267. The van der Waals surface area contributed by atoms with Crippen LogP contribution in [0.5, 0.6) is 5.75 Å². The van der Waals surface area contributed by atoms with Gasteiger partial charge in [-0.1, -0.05) is 0 Å². The molecule has 2 aromatic rings. The zero-order valence-electron chi connectivity index (χ0n) is 11.9. The van der Waals surface area contributed by atoms with Crippen molar-refractivity contribution in [1.82, 2.24) is 9.97 Å². The number of aromatic carboxylic acids is 1. The van der Waals surface area contributed by atoms with Gasteiger partial charge in [0.05, 0.1) is 18.5 Å². The van der Waals surface area contributed by atoms with Crippen molar-refractivity contribution in [3.8, 4) is 17.0 Å². The van der Waals surface area contributed by atoms with Crippen molar-refractivity contribution < 1.29 is 14.6 Å². The van der Waals surface area contributed by atoms with E-state index in [-0.39, 0.29) is 5.56 Å². The van der Waals surface area contributed by atoms with Gasteiger partial charge in [-0.05, 0) is 44.0 Å². The Bertz CT molecular complexity index is 681. The highest BCUT2D eigenvalue weighted by Crippen LogP contribution is 2.31. The molecule has 0 amide bonds. The van der Waals surface area contributed by atoms with Crippen LogP contribution in [0.1, 0.15) is 27.2 Å². The maximum Gasteiger partial charge on any atom is 0.339 e. The van der Waals surface area contributed by atoms with Crippen LogP contribution in [0.4, 0.5) is 0 Å². The van der Waals surface area contributed by atoms with Gasteiger partial charge in [0.25, 0.3) is 0 Å². The highest BCUT2D eigenvalue weighted by Gasteiger charge is 2.19. The third-order valence-electron chi connectivity index (χ3n) is 3.25. The summed E-state index contributed by atoms with van der Waals surface area (Å²) in [7, 11) is 1.61. The molecular formula is C15H16N2O3. The van der Waals surface area contributed by atoms with E-state index in [4.69, 9.17) is 4.74 Å². The first-order valence-corrected chi connectivity index (χ1v) is 6.16. The molecule has 0 fully saturated rings. The molecule has 0 unspecified atom stereocenters. The van der Waals surface area contributed by atoms with Gasteiger partial charge >= 0.3 is 5.97 Å². The molecule has 20 heavy (non-hydrogen) atoms. The lowest BCUT2D eigenvalue weighted by Crippen LogP contribution is -2.07. The number of carbonyl (C=O) groups is 1. The lowest BCUT2D eigenvalue weighted by atomic mass is 9.98. The molecule has 0 saturated heterocycles. The number of benzene rings is 1. The minimum absolute atomic E-state index is 0.139. The molecule has 0 atom stereocenters. The number of aromatic nitrogens is 2. The largest absolute Gasteiger partial charge is 0.496 e. The Labute approximate surface area is 117 Å². The van der Waals surface area contributed by atoms with Crippen LogP contribution in [0.25, 0.3) is 11.3 Å². The quantitative estimate of drug-likeness (QED) is 0.930.